The molecule has 2 N–H and O–H groups in total. The van der Waals surface area contributed by atoms with Gasteiger partial charge in [-0.15, -0.1) is 0 Å². The number of Topliss-reactive ketones (excluding diaryl/α,β-unsaturated/α-hetero) is 1. The number of benzene rings is 1. The Hall–Kier alpha value is -1.35. The zero-order chi connectivity index (χ0) is 11.8. The minimum atomic E-state index is -0.192. The number of para-hydroxylation sites is 1. The Bertz CT molecular complexity index is 412. The molecule has 1 aromatic rings. The number of hydrogen-bond donors (Lipinski definition) is 2. The molecule has 3 heteroatoms. The summed E-state index contributed by atoms with van der Waals surface area (Å²) in [5.41, 5.74) is 0.617. The zero-order valence-corrected chi connectivity index (χ0v) is 9.66. The molecule has 1 heterocycles. The third-order valence-electron chi connectivity index (χ3n) is 2.95. The zero-order valence-electron chi connectivity index (χ0n) is 9.66. The van der Waals surface area contributed by atoms with Crippen LogP contribution in [0.5, 0.6) is 5.75 Å². The Labute approximate surface area is 95.5 Å². The van der Waals surface area contributed by atoms with Crippen LogP contribution in [0.4, 0.5) is 0 Å². The van der Waals surface area contributed by atoms with Gasteiger partial charge in [-0.1, -0.05) is 18.2 Å². The summed E-state index contributed by atoms with van der Waals surface area (Å²) in [6.45, 7) is 4.02. The molecule has 1 saturated heterocycles. The van der Waals surface area contributed by atoms with Crippen molar-refractivity contribution in [1.82, 2.24) is 5.32 Å². The number of piperidine rings is 1. The molecule has 1 aliphatic heterocycles. The van der Waals surface area contributed by atoms with E-state index in [4.69, 9.17) is 0 Å². The normalized spacial score (nSPS) is 24.4. The molecule has 0 saturated carbocycles. The summed E-state index contributed by atoms with van der Waals surface area (Å²) in [6.07, 6.45) is 1.01. The van der Waals surface area contributed by atoms with Gasteiger partial charge in [0.2, 0.25) is 0 Å². The lowest BCUT2D eigenvalue weighted by Gasteiger charge is -2.36. The van der Waals surface area contributed by atoms with E-state index in [1.165, 1.54) is 0 Å². The number of aromatic hydroxyl groups is 1. The van der Waals surface area contributed by atoms with Crippen LogP contribution < -0.4 is 5.32 Å². The Morgan fingerprint density at radius 3 is 2.69 bits per heavy atom. The third kappa shape index (κ3) is 2.25. The highest BCUT2D eigenvalue weighted by Crippen LogP contribution is 2.32. The minimum absolute atomic E-state index is 0.0718. The molecule has 0 bridgehead atoms. The number of rotatable bonds is 1. The molecule has 2 rings (SSSR count). The number of phenolic OH excluding ortho intramolecular Hbond substituents is 1. The lowest BCUT2D eigenvalue weighted by atomic mass is 9.85. The van der Waals surface area contributed by atoms with Crippen molar-refractivity contribution in [2.75, 3.05) is 0 Å². The van der Waals surface area contributed by atoms with Crippen LogP contribution in [0.25, 0.3) is 0 Å². The van der Waals surface area contributed by atoms with Crippen LogP contribution in [0, 0.1) is 0 Å². The van der Waals surface area contributed by atoms with E-state index >= 15 is 0 Å². The molecular formula is C13H17NO2. The van der Waals surface area contributed by atoms with Gasteiger partial charge in [0, 0.05) is 30.0 Å². The van der Waals surface area contributed by atoms with Gasteiger partial charge >= 0.3 is 0 Å². The van der Waals surface area contributed by atoms with Crippen molar-refractivity contribution in [3.05, 3.63) is 29.8 Å². The monoisotopic (exact) mass is 219 g/mol. The van der Waals surface area contributed by atoms with Crippen molar-refractivity contribution in [3.8, 4) is 5.75 Å². The van der Waals surface area contributed by atoms with E-state index < -0.39 is 0 Å². The summed E-state index contributed by atoms with van der Waals surface area (Å²) < 4.78 is 0. The maximum absolute atomic E-state index is 11.7. The van der Waals surface area contributed by atoms with E-state index in [0.29, 0.717) is 12.8 Å². The fourth-order valence-electron chi connectivity index (χ4n) is 2.34. The lowest BCUT2D eigenvalue weighted by Crippen LogP contribution is -2.48. The molecule has 1 atom stereocenters. The highest BCUT2D eigenvalue weighted by atomic mass is 16.3. The number of hydrogen-bond acceptors (Lipinski definition) is 3. The van der Waals surface area contributed by atoms with E-state index in [1.54, 1.807) is 12.1 Å². The number of carbonyl (C=O) groups is 1. The van der Waals surface area contributed by atoms with Gasteiger partial charge in [0.15, 0.2) is 0 Å². The summed E-state index contributed by atoms with van der Waals surface area (Å²) in [5.74, 6) is 0.502. The number of carbonyl (C=O) groups excluding carboxylic acids is 1. The molecule has 0 spiro atoms. The van der Waals surface area contributed by atoms with Crippen LogP contribution in [0.1, 0.15) is 38.3 Å². The van der Waals surface area contributed by atoms with Gasteiger partial charge in [0.1, 0.15) is 11.5 Å². The molecule has 0 radical (unpaired) electrons. The first-order valence-corrected chi connectivity index (χ1v) is 5.55. The quantitative estimate of drug-likeness (QED) is 0.761. The molecule has 1 aliphatic rings. The Kier molecular flexibility index (Phi) is 2.72. The molecule has 1 aromatic carbocycles. The van der Waals surface area contributed by atoms with Crippen LogP contribution in [0.3, 0.4) is 0 Å². The van der Waals surface area contributed by atoms with Crippen LogP contribution in [0.15, 0.2) is 24.3 Å². The van der Waals surface area contributed by atoms with Gasteiger partial charge in [-0.2, -0.15) is 0 Å². The molecule has 86 valence electrons. The Morgan fingerprint density at radius 1 is 1.38 bits per heavy atom. The van der Waals surface area contributed by atoms with Crippen molar-refractivity contribution in [2.45, 2.75) is 38.3 Å². The molecule has 1 fully saturated rings. The van der Waals surface area contributed by atoms with Crippen molar-refractivity contribution in [1.29, 1.82) is 0 Å². The summed E-state index contributed by atoms with van der Waals surface area (Å²) >= 11 is 0. The minimum Gasteiger partial charge on any atom is -0.508 e. The fourth-order valence-corrected chi connectivity index (χ4v) is 2.34. The highest BCUT2D eigenvalue weighted by molar-refractivity contribution is 5.81. The van der Waals surface area contributed by atoms with Crippen LogP contribution in [-0.4, -0.2) is 16.4 Å². The number of ketones is 1. The van der Waals surface area contributed by atoms with Crippen molar-refractivity contribution in [3.63, 3.8) is 0 Å². The number of phenols is 1. The average molecular weight is 219 g/mol. The van der Waals surface area contributed by atoms with Gasteiger partial charge in [0.25, 0.3) is 0 Å². The summed E-state index contributed by atoms with van der Waals surface area (Å²) in [5, 5.41) is 13.2. The largest absolute Gasteiger partial charge is 0.508 e. The summed E-state index contributed by atoms with van der Waals surface area (Å²) in [6, 6.07) is 7.11. The van der Waals surface area contributed by atoms with Crippen LogP contribution >= 0.6 is 0 Å². The first-order valence-electron chi connectivity index (χ1n) is 5.55. The second kappa shape index (κ2) is 3.91. The fraction of sp³-hybridized carbons (Fsp3) is 0.462. The predicted molar refractivity (Wildman–Crippen MR) is 62.3 cm³/mol. The van der Waals surface area contributed by atoms with E-state index in [1.807, 2.05) is 26.0 Å². The second-order valence-corrected chi connectivity index (χ2v) is 5.06. The highest BCUT2D eigenvalue weighted by Gasteiger charge is 2.33. The van der Waals surface area contributed by atoms with Gasteiger partial charge in [0.05, 0.1) is 0 Å². The first kappa shape index (κ1) is 11.1. The van der Waals surface area contributed by atoms with Crippen molar-refractivity contribution >= 4 is 5.78 Å². The third-order valence-corrected chi connectivity index (χ3v) is 2.95. The molecule has 0 aliphatic carbocycles. The van der Waals surface area contributed by atoms with Crippen molar-refractivity contribution < 1.29 is 9.90 Å². The van der Waals surface area contributed by atoms with Crippen molar-refractivity contribution in [2.24, 2.45) is 0 Å². The standard InChI is InChI=1S/C13H17NO2/c1-13(2)8-9(15)7-11(14-13)10-5-3-4-6-12(10)16/h3-6,11,14,16H,7-8H2,1-2H3. The van der Waals surface area contributed by atoms with Crippen LogP contribution in [0.2, 0.25) is 0 Å². The molecule has 0 amide bonds. The van der Waals surface area contributed by atoms with E-state index in [9.17, 15) is 9.90 Å². The van der Waals surface area contributed by atoms with E-state index in [0.717, 1.165) is 5.56 Å². The Balaban J connectivity index is 2.28. The topological polar surface area (TPSA) is 49.3 Å². The summed E-state index contributed by atoms with van der Waals surface area (Å²) in [4.78, 5) is 11.7. The molecule has 3 nitrogen and oxygen atoms in total. The summed E-state index contributed by atoms with van der Waals surface area (Å²) in [7, 11) is 0. The van der Waals surface area contributed by atoms with Crippen LogP contribution in [-0.2, 0) is 4.79 Å². The van der Waals surface area contributed by atoms with Gasteiger partial charge < -0.3 is 10.4 Å². The second-order valence-electron chi connectivity index (χ2n) is 5.06. The maximum Gasteiger partial charge on any atom is 0.136 e. The van der Waals surface area contributed by atoms with Gasteiger partial charge in [-0.05, 0) is 19.9 Å². The van der Waals surface area contributed by atoms with E-state index in [-0.39, 0.29) is 23.1 Å². The SMILES string of the molecule is CC1(C)CC(=O)CC(c2ccccc2O)N1. The molecule has 0 aromatic heterocycles. The first-order chi connectivity index (χ1) is 7.48. The van der Waals surface area contributed by atoms with E-state index in [2.05, 4.69) is 5.32 Å². The molecular weight excluding hydrogens is 202 g/mol. The molecule has 16 heavy (non-hydrogen) atoms. The van der Waals surface area contributed by atoms with Gasteiger partial charge in [-0.25, -0.2) is 0 Å². The lowest BCUT2D eigenvalue weighted by molar-refractivity contribution is -0.122. The van der Waals surface area contributed by atoms with Gasteiger partial charge in [-0.3, -0.25) is 4.79 Å². The maximum atomic E-state index is 11.7. The predicted octanol–water partition coefficient (Wildman–Crippen LogP) is 2.16. The smallest absolute Gasteiger partial charge is 0.136 e. The Morgan fingerprint density at radius 2 is 2.06 bits per heavy atom. The average Bonchev–Trinajstić information content (AvgIpc) is 2.15. The number of nitrogens with one attached hydrogen (secondary N) is 1. The molecule has 1 unspecified atom stereocenters.